The minimum atomic E-state index is -0.430. The smallest absolute Gasteiger partial charge is 0.276 e. The third kappa shape index (κ3) is 2.12. The number of amides is 1. The van der Waals surface area contributed by atoms with Gasteiger partial charge in [-0.15, -0.1) is 10.2 Å². The first-order valence-corrected chi connectivity index (χ1v) is 7.07. The summed E-state index contributed by atoms with van der Waals surface area (Å²) in [6.07, 6.45) is 0. The number of ether oxygens (including phenoxy) is 1. The van der Waals surface area contributed by atoms with Crippen molar-refractivity contribution in [3.8, 4) is 11.5 Å². The number of aromatic hydroxyl groups is 1. The van der Waals surface area contributed by atoms with Crippen LogP contribution in [0.2, 0.25) is 0 Å². The summed E-state index contributed by atoms with van der Waals surface area (Å²) in [5.41, 5.74) is 2.31. The van der Waals surface area contributed by atoms with Gasteiger partial charge in [0.15, 0.2) is 17.2 Å². The number of hydrogen-bond donors (Lipinski definition) is 2. The molecule has 1 aromatic heterocycles. The molecule has 2 aromatic carbocycles. The Balaban J connectivity index is 1.69. The molecule has 0 spiro atoms. The first-order valence-electron chi connectivity index (χ1n) is 7.07. The van der Waals surface area contributed by atoms with Crippen LogP contribution in [0.15, 0.2) is 41.4 Å². The molecule has 0 atom stereocenters. The number of nitrogens with one attached hydrogen (secondary N) is 1. The highest BCUT2D eigenvalue weighted by Gasteiger charge is 2.26. The van der Waals surface area contributed by atoms with Crippen molar-refractivity contribution in [3.63, 3.8) is 0 Å². The van der Waals surface area contributed by atoms with Gasteiger partial charge in [0.05, 0.1) is 23.7 Å². The molecule has 3 aromatic rings. The number of phenolic OH excluding ortho intramolecular Hbond substituents is 1. The lowest BCUT2D eigenvalue weighted by Gasteiger charge is -2.08. The largest absolute Gasteiger partial charge is 0.504 e. The van der Waals surface area contributed by atoms with E-state index in [1.165, 1.54) is 19.2 Å². The first-order chi connectivity index (χ1) is 11.7. The predicted molar refractivity (Wildman–Crippen MR) is 86.8 cm³/mol. The number of rotatable bonds is 3. The summed E-state index contributed by atoms with van der Waals surface area (Å²) in [6.45, 7) is 0. The molecule has 2 heterocycles. The van der Waals surface area contributed by atoms with Crippen molar-refractivity contribution in [2.24, 2.45) is 4.99 Å². The molecule has 4 rings (SSSR count). The predicted octanol–water partition coefficient (Wildman–Crippen LogP) is 1.81. The SMILES string of the molecule is COc1cc(NC(=O)C2=Nc3cccc4nnnc2c34)ccc1O. The summed E-state index contributed by atoms with van der Waals surface area (Å²) in [6, 6.07) is 9.89. The number of methoxy groups -OCH3 is 1. The van der Waals surface area contributed by atoms with Gasteiger partial charge in [-0.05, 0) is 29.5 Å². The molecule has 2 N–H and O–H groups in total. The lowest BCUT2D eigenvalue weighted by Crippen LogP contribution is -2.23. The molecule has 0 radical (unpaired) electrons. The van der Waals surface area contributed by atoms with Crippen molar-refractivity contribution in [1.82, 2.24) is 15.4 Å². The fourth-order valence-electron chi connectivity index (χ4n) is 2.56. The lowest BCUT2D eigenvalue weighted by molar-refractivity contribution is -0.110. The second kappa shape index (κ2) is 5.27. The molecule has 1 aliphatic heterocycles. The maximum atomic E-state index is 12.6. The molecule has 0 saturated carbocycles. The molecular formula is C16H11N5O3. The van der Waals surface area contributed by atoms with Gasteiger partial charge < -0.3 is 15.2 Å². The molecule has 8 nitrogen and oxygen atoms in total. The fourth-order valence-corrected chi connectivity index (χ4v) is 2.56. The van der Waals surface area contributed by atoms with Gasteiger partial charge in [0.25, 0.3) is 5.91 Å². The molecule has 0 unspecified atom stereocenters. The van der Waals surface area contributed by atoms with Gasteiger partial charge in [-0.1, -0.05) is 6.07 Å². The average molecular weight is 321 g/mol. The van der Waals surface area contributed by atoms with Crippen LogP contribution in [0.3, 0.4) is 0 Å². The third-order valence-corrected chi connectivity index (χ3v) is 3.66. The molecule has 118 valence electrons. The van der Waals surface area contributed by atoms with E-state index in [2.05, 4.69) is 25.7 Å². The standard InChI is InChI=1S/C16H11N5O3/c1-24-12-7-8(5-6-11(12)22)17-16(23)15-14-13-9(18-15)3-2-4-10(13)19-21-20-14/h2-7,22H,1H3,(H,17,23). The monoisotopic (exact) mass is 321 g/mol. The zero-order valence-electron chi connectivity index (χ0n) is 12.5. The van der Waals surface area contributed by atoms with E-state index in [9.17, 15) is 9.90 Å². The Labute approximate surface area is 135 Å². The van der Waals surface area contributed by atoms with E-state index in [0.717, 1.165) is 0 Å². The summed E-state index contributed by atoms with van der Waals surface area (Å²) in [5.74, 6) is -0.181. The number of benzene rings is 2. The van der Waals surface area contributed by atoms with E-state index >= 15 is 0 Å². The zero-order valence-corrected chi connectivity index (χ0v) is 12.5. The van der Waals surface area contributed by atoms with Crippen molar-refractivity contribution >= 4 is 33.9 Å². The maximum absolute atomic E-state index is 12.6. The van der Waals surface area contributed by atoms with Gasteiger partial charge in [0, 0.05) is 11.8 Å². The Morgan fingerprint density at radius 1 is 1.21 bits per heavy atom. The summed E-state index contributed by atoms with van der Waals surface area (Å²) < 4.78 is 5.03. The molecule has 24 heavy (non-hydrogen) atoms. The van der Waals surface area contributed by atoms with Gasteiger partial charge >= 0.3 is 0 Å². The number of aromatic nitrogens is 3. The van der Waals surface area contributed by atoms with E-state index in [1.807, 2.05) is 0 Å². The quantitative estimate of drug-likeness (QED) is 0.712. The summed E-state index contributed by atoms with van der Waals surface area (Å²) in [5, 5.41) is 24.6. The van der Waals surface area contributed by atoms with Crippen LogP contribution in [0.4, 0.5) is 11.4 Å². The van der Waals surface area contributed by atoms with Crippen LogP contribution in [-0.2, 0) is 4.79 Å². The summed E-state index contributed by atoms with van der Waals surface area (Å²) in [4.78, 5) is 16.9. The van der Waals surface area contributed by atoms with Crippen molar-refractivity contribution in [3.05, 3.63) is 42.1 Å². The topological polar surface area (TPSA) is 110 Å². The highest BCUT2D eigenvalue weighted by atomic mass is 16.5. The minimum Gasteiger partial charge on any atom is -0.504 e. The number of hydrogen-bond acceptors (Lipinski definition) is 7. The normalized spacial score (nSPS) is 12.1. The maximum Gasteiger partial charge on any atom is 0.276 e. The Hall–Kier alpha value is -3.55. The van der Waals surface area contributed by atoms with Crippen LogP contribution in [0.25, 0.3) is 10.9 Å². The molecule has 1 amide bonds. The highest BCUT2D eigenvalue weighted by molar-refractivity contribution is 6.52. The van der Waals surface area contributed by atoms with Gasteiger partial charge in [0.1, 0.15) is 5.69 Å². The first kappa shape index (κ1) is 14.1. The Kier molecular flexibility index (Phi) is 3.09. The van der Waals surface area contributed by atoms with Crippen molar-refractivity contribution in [2.75, 3.05) is 12.4 Å². The van der Waals surface area contributed by atoms with Crippen LogP contribution in [0.1, 0.15) is 5.69 Å². The Morgan fingerprint density at radius 3 is 2.92 bits per heavy atom. The Bertz CT molecular complexity index is 1010. The number of aliphatic imine (C=N–C) groups is 1. The molecule has 8 heteroatoms. The molecule has 0 saturated heterocycles. The number of phenols is 1. The van der Waals surface area contributed by atoms with Crippen molar-refractivity contribution in [1.29, 1.82) is 0 Å². The van der Waals surface area contributed by atoms with Crippen LogP contribution in [0, 0.1) is 0 Å². The minimum absolute atomic E-state index is 0.0113. The molecular weight excluding hydrogens is 310 g/mol. The molecule has 0 bridgehead atoms. The number of carbonyl (C=O) groups excluding carboxylic acids is 1. The van der Waals surface area contributed by atoms with Gasteiger partial charge in [-0.3, -0.25) is 4.79 Å². The van der Waals surface area contributed by atoms with E-state index in [1.54, 1.807) is 24.3 Å². The second-order valence-corrected chi connectivity index (χ2v) is 5.11. The summed E-state index contributed by atoms with van der Waals surface area (Å²) >= 11 is 0. The van der Waals surface area contributed by atoms with Crippen LogP contribution < -0.4 is 10.1 Å². The molecule has 0 aliphatic carbocycles. The van der Waals surface area contributed by atoms with Crippen LogP contribution in [-0.4, -0.2) is 39.2 Å². The number of nitrogens with zero attached hydrogens (tertiary/aromatic N) is 4. The van der Waals surface area contributed by atoms with Crippen LogP contribution >= 0.6 is 0 Å². The average Bonchev–Trinajstić information content (AvgIpc) is 2.98. The van der Waals surface area contributed by atoms with E-state index < -0.39 is 5.91 Å². The van der Waals surface area contributed by atoms with E-state index in [4.69, 9.17) is 4.74 Å². The van der Waals surface area contributed by atoms with E-state index in [-0.39, 0.29) is 17.2 Å². The van der Waals surface area contributed by atoms with Crippen molar-refractivity contribution in [2.45, 2.75) is 0 Å². The van der Waals surface area contributed by atoms with Gasteiger partial charge in [0.2, 0.25) is 0 Å². The highest BCUT2D eigenvalue weighted by Crippen LogP contribution is 2.33. The fraction of sp³-hybridized carbons (Fsp3) is 0.0625. The molecule has 1 aliphatic rings. The number of carbonyl (C=O) groups is 1. The Morgan fingerprint density at radius 2 is 2.08 bits per heavy atom. The van der Waals surface area contributed by atoms with Crippen molar-refractivity contribution < 1.29 is 14.6 Å². The lowest BCUT2D eigenvalue weighted by atomic mass is 10.1. The third-order valence-electron chi connectivity index (χ3n) is 3.66. The second-order valence-electron chi connectivity index (χ2n) is 5.11. The van der Waals surface area contributed by atoms with E-state index in [0.29, 0.717) is 28.0 Å². The zero-order chi connectivity index (χ0) is 16.7. The van der Waals surface area contributed by atoms with Gasteiger partial charge in [-0.2, -0.15) is 0 Å². The summed E-state index contributed by atoms with van der Waals surface area (Å²) in [7, 11) is 1.43. The van der Waals surface area contributed by atoms with Crippen LogP contribution in [0.5, 0.6) is 11.5 Å². The van der Waals surface area contributed by atoms with Gasteiger partial charge in [-0.25, -0.2) is 4.99 Å². The molecule has 0 fully saturated rings. The number of anilines is 1.